The molecular formula is C18H22INO4. The van der Waals surface area contributed by atoms with Crippen LogP contribution in [-0.4, -0.2) is 28.9 Å². The van der Waals surface area contributed by atoms with Gasteiger partial charge < -0.3 is 14.4 Å². The molecule has 0 aliphatic carbocycles. The minimum Gasteiger partial charge on any atom is -0.462 e. The molecule has 6 heteroatoms. The Morgan fingerprint density at radius 3 is 2.67 bits per heavy atom. The number of rotatable bonds is 6. The zero-order chi connectivity index (χ0) is 17.9. The van der Waals surface area contributed by atoms with E-state index >= 15 is 0 Å². The molecule has 1 unspecified atom stereocenters. The summed E-state index contributed by atoms with van der Waals surface area (Å²) in [7, 11) is 0. The Morgan fingerprint density at radius 1 is 1.38 bits per heavy atom. The summed E-state index contributed by atoms with van der Waals surface area (Å²) in [4.78, 5) is 24.9. The molecule has 1 atom stereocenters. The van der Waals surface area contributed by atoms with Crippen LogP contribution in [-0.2, 0) is 4.74 Å². The number of carbonyl (C=O) groups excluding carboxylic acids is 1. The molecule has 0 saturated heterocycles. The normalized spacial score (nSPS) is 12.6. The third-order valence-corrected chi connectivity index (χ3v) is 4.51. The monoisotopic (exact) mass is 443 g/mol. The lowest BCUT2D eigenvalue weighted by molar-refractivity contribution is 0.0523. The molecule has 24 heavy (non-hydrogen) atoms. The van der Waals surface area contributed by atoms with E-state index in [1.165, 1.54) is 6.20 Å². The van der Waals surface area contributed by atoms with E-state index in [0.29, 0.717) is 16.8 Å². The number of nitrogens with zero attached hydrogens (tertiary/aromatic N) is 1. The van der Waals surface area contributed by atoms with E-state index in [0.717, 1.165) is 9.99 Å². The molecule has 0 aliphatic rings. The fourth-order valence-electron chi connectivity index (χ4n) is 2.80. The van der Waals surface area contributed by atoms with Crippen molar-refractivity contribution in [3.8, 4) is 0 Å². The summed E-state index contributed by atoms with van der Waals surface area (Å²) in [5, 5.41) is 10.3. The predicted molar refractivity (Wildman–Crippen MR) is 102 cm³/mol. The second kappa shape index (κ2) is 8.11. The largest absolute Gasteiger partial charge is 0.462 e. The number of hydrogen-bond donors (Lipinski definition) is 1. The van der Waals surface area contributed by atoms with Crippen molar-refractivity contribution in [1.82, 2.24) is 4.57 Å². The van der Waals surface area contributed by atoms with Crippen LogP contribution in [0, 0.1) is 9.49 Å². The highest BCUT2D eigenvalue weighted by atomic mass is 127. The van der Waals surface area contributed by atoms with Crippen LogP contribution in [0.5, 0.6) is 0 Å². The molecule has 2 aromatic rings. The van der Waals surface area contributed by atoms with Crippen molar-refractivity contribution in [3.05, 3.63) is 43.8 Å². The van der Waals surface area contributed by atoms with E-state index in [-0.39, 0.29) is 30.2 Å². The lowest BCUT2D eigenvalue weighted by atomic mass is 10.0. The summed E-state index contributed by atoms with van der Waals surface area (Å²) in [6.07, 6.45) is 2.27. The number of hydrogen-bond acceptors (Lipinski definition) is 4. The molecule has 0 amide bonds. The number of halogens is 1. The molecule has 0 bridgehead atoms. The molecule has 2 rings (SSSR count). The number of aromatic nitrogens is 1. The minimum atomic E-state index is -0.627. The molecule has 1 aromatic heterocycles. The lowest BCUT2D eigenvalue weighted by Gasteiger charge is -2.23. The maximum atomic E-state index is 12.7. The fourth-order valence-corrected chi connectivity index (χ4v) is 3.30. The van der Waals surface area contributed by atoms with Gasteiger partial charge in [-0.05, 0) is 60.1 Å². The molecule has 0 saturated carbocycles. The van der Waals surface area contributed by atoms with Gasteiger partial charge in [0.25, 0.3) is 0 Å². The SMILES string of the molecule is CCOC(=O)c1cn(C(CO)CC(C)C)c2ccc(I)cc2c1=O. The highest BCUT2D eigenvalue weighted by molar-refractivity contribution is 14.1. The van der Waals surface area contributed by atoms with Crippen LogP contribution in [0.1, 0.15) is 43.6 Å². The summed E-state index contributed by atoms with van der Waals surface area (Å²) in [6.45, 7) is 5.99. The average Bonchev–Trinajstić information content (AvgIpc) is 2.53. The first-order valence-corrected chi connectivity index (χ1v) is 9.09. The summed E-state index contributed by atoms with van der Waals surface area (Å²) in [5.74, 6) is -0.259. The van der Waals surface area contributed by atoms with Gasteiger partial charge in [-0.25, -0.2) is 4.79 Å². The highest BCUT2D eigenvalue weighted by Gasteiger charge is 2.20. The number of aliphatic hydroxyl groups is 1. The number of aliphatic hydroxyl groups excluding tert-OH is 1. The van der Waals surface area contributed by atoms with Crippen molar-refractivity contribution in [1.29, 1.82) is 0 Å². The van der Waals surface area contributed by atoms with Crippen LogP contribution >= 0.6 is 22.6 Å². The van der Waals surface area contributed by atoms with Crippen LogP contribution in [0.15, 0.2) is 29.2 Å². The Morgan fingerprint density at radius 2 is 2.08 bits per heavy atom. The number of pyridine rings is 1. The Bertz CT molecular complexity index is 797. The maximum absolute atomic E-state index is 12.7. The maximum Gasteiger partial charge on any atom is 0.343 e. The van der Waals surface area contributed by atoms with Crippen LogP contribution in [0.25, 0.3) is 10.9 Å². The number of carbonyl (C=O) groups is 1. The number of ether oxygens (including phenoxy) is 1. The first-order chi connectivity index (χ1) is 11.4. The van der Waals surface area contributed by atoms with Gasteiger partial charge in [-0.3, -0.25) is 4.79 Å². The topological polar surface area (TPSA) is 68.5 Å². The van der Waals surface area contributed by atoms with Gasteiger partial charge in [0, 0.05) is 15.2 Å². The van der Waals surface area contributed by atoms with Gasteiger partial charge in [0.2, 0.25) is 5.43 Å². The van der Waals surface area contributed by atoms with Gasteiger partial charge in [-0.15, -0.1) is 0 Å². The summed E-state index contributed by atoms with van der Waals surface area (Å²) >= 11 is 2.13. The van der Waals surface area contributed by atoms with Crippen LogP contribution in [0.4, 0.5) is 0 Å². The van der Waals surface area contributed by atoms with Crippen LogP contribution < -0.4 is 5.43 Å². The predicted octanol–water partition coefficient (Wildman–Crippen LogP) is 3.36. The second-order valence-corrected chi connectivity index (χ2v) is 7.37. The van der Waals surface area contributed by atoms with Gasteiger partial charge in [-0.1, -0.05) is 13.8 Å². The highest BCUT2D eigenvalue weighted by Crippen LogP contribution is 2.24. The van der Waals surface area contributed by atoms with Crippen molar-refractivity contribution in [2.24, 2.45) is 5.92 Å². The number of fused-ring (bicyclic) bond motifs is 1. The average molecular weight is 443 g/mol. The first kappa shape index (κ1) is 18.9. The van der Waals surface area contributed by atoms with Crippen molar-refractivity contribution in [3.63, 3.8) is 0 Å². The summed E-state index contributed by atoms with van der Waals surface area (Å²) in [5.41, 5.74) is 0.390. The molecular weight excluding hydrogens is 421 g/mol. The Balaban J connectivity index is 2.74. The molecule has 1 aromatic carbocycles. The first-order valence-electron chi connectivity index (χ1n) is 8.01. The standard InChI is InChI=1S/C18H22INO4/c1-4-24-18(23)15-9-20(13(10-21)7-11(2)3)16-6-5-12(19)8-14(16)17(15)22/h5-6,8-9,11,13,21H,4,7,10H2,1-3H3. The molecule has 0 radical (unpaired) electrons. The molecule has 0 spiro atoms. The van der Waals surface area contributed by atoms with E-state index in [1.807, 2.05) is 16.7 Å². The van der Waals surface area contributed by atoms with E-state index in [1.54, 1.807) is 13.0 Å². The van der Waals surface area contributed by atoms with Crippen molar-refractivity contribution in [2.45, 2.75) is 33.2 Å². The summed E-state index contributed by atoms with van der Waals surface area (Å²) < 4.78 is 7.76. The minimum absolute atomic E-state index is 0.00792. The van der Waals surface area contributed by atoms with Crippen molar-refractivity contribution >= 4 is 39.5 Å². The third kappa shape index (κ3) is 3.97. The van der Waals surface area contributed by atoms with Crippen molar-refractivity contribution in [2.75, 3.05) is 13.2 Å². The molecule has 5 nitrogen and oxygen atoms in total. The summed E-state index contributed by atoms with van der Waals surface area (Å²) in [6, 6.07) is 5.33. The van der Waals surface area contributed by atoms with E-state index < -0.39 is 5.97 Å². The Labute approximate surface area is 154 Å². The zero-order valence-corrected chi connectivity index (χ0v) is 16.2. The van der Waals surface area contributed by atoms with Crippen LogP contribution in [0.2, 0.25) is 0 Å². The Hall–Kier alpha value is -1.41. The quantitative estimate of drug-likeness (QED) is 0.549. The van der Waals surface area contributed by atoms with Gasteiger partial charge in [0.05, 0.1) is 24.8 Å². The van der Waals surface area contributed by atoms with Crippen molar-refractivity contribution < 1.29 is 14.6 Å². The number of esters is 1. The molecule has 130 valence electrons. The van der Waals surface area contributed by atoms with Gasteiger partial charge >= 0.3 is 5.97 Å². The smallest absolute Gasteiger partial charge is 0.343 e. The van der Waals surface area contributed by atoms with E-state index in [9.17, 15) is 14.7 Å². The third-order valence-electron chi connectivity index (χ3n) is 3.84. The van der Waals surface area contributed by atoms with Crippen LogP contribution in [0.3, 0.4) is 0 Å². The van der Waals surface area contributed by atoms with Gasteiger partial charge in [0.1, 0.15) is 5.56 Å². The molecule has 0 fully saturated rings. The van der Waals surface area contributed by atoms with Gasteiger partial charge in [0.15, 0.2) is 0 Å². The van der Waals surface area contributed by atoms with E-state index in [4.69, 9.17) is 4.74 Å². The Kier molecular flexibility index (Phi) is 6.40. The van der Waals surface area contributed by atoms with E-state index in [2.05, 4.69) is 36.4 Å². The molecule has 1 heterocycles. The zero-order valence-electron chi connectivity index (χ0n) is 14.1. The van der Waals surface area contributed by atoms with Gasteiger partial charge in [-0.2, -0.15) is 0 Å². The number of benzene rings is 1. The fraction of sp³-hybridized carbons (Fsp3) is 0.444. The molecule has 1 N–H and O–H groups in total. The second-order valence-electron chi connectivity index (χ2n) is 6.13. The molecule has 0 aliphatic heterocycles. The lowest BCUT2D eigenvalue weighted by Crippen LogP contribution is -2.24.